The lowest BCUT2D eigenvalue weighted by Crippen LogP contribution is -2.25. The highest BCUT2D eigenvalue weighted by Gasteiger charge is 2.14. The number of allylic oxidation sites excluding steroid dienone is 4. The van der Waals surface area contributed by atoms with Crippen LogP contribution in [0, 0.1) is 6.92 Å². The summed E-state index contributed by atoms with van der Waals surface area (Å²) in [5.74, 6) is 0.544. The maximum atomic E-state index is 13.1. The molecule has 1 aliphatic rings. The number of aryl methyl sites for hydroxylation is 1. The number of fused-ring (bicyclic) bond motifs is 1. The second-order valence-electron chi connectivity index (χ2n) is 8.55. The van der Waals surface area contributed by atoms with Crippen molar-refractivity contribution in [3.05, 3.63) is 93.6 Å². The van der Waals surface area contributed by atoms with Gasteiger partial charge >= 0.3 is 0 Å². The van der Waals surface area contributed by atoms with Gasteiger partial charge in [0.15, 0.2) is 0 Å². The smallest absolute Gasteiger partial charge is 0.260 e. The van der Waals surface area contributed by atoms with Gasteiger partial charge in [-0.2, -0.15) is 0 Å². The Hall–Kier alpha value is -3.67. The highest BCUT2D eigenvalue weighted by molar-refractivity contribution is 5.98. The number of amides is 1. The number of pyridine rings is 2. The van der Waals surface area contributed by atoms with Crippen LogP contribution in [0.4, 0.5) is 0 Å². The zero-order valence-electron chi connectivity index (χ0n) is 19.3. The van der Waals surface area contributed by atoms with Gasteiger partial charge in [0.25, 0.3) is 11.5 Å². The van der Waals surface area contributed by atoms with E-state index in [-0.39, 0.29) is 17.6 Å². The zero-order valence-corrected chi connectivity index (χ0v) is 19.3. The largest absolute Gasteiger partial charge is 0.491 e. The van der Waals surface area contributed by atoms with E-state index < -0.39 is 0 Å². The normalized spacial score (nSPS) is 13.3. The highest BCUT2D eigenvalue weighted by atomic mass is 16.5. The summed E-state index contributed by atoms with van der Waals surface area (Å²) >= 11 is 0. The minimum Gasteiger partial charge on any atom is -0.491 e. The van der Waals surface area contributed by atoms with Crippen molar-refractivity contribution in [2.75, 3.05) is 0 Å². The number of nitrogens with zero attached hydrogens (tertiary/aromatic N) is 2. The lowest BCUT2D eigenvalue weighted by atomic mass is 10.1. The van der Waals surface area contributed by atoms with Crippen molar-refractivity contribution in [2.45, 2.75) is 52.8 Å². The van der Waals surface area contributed by atoms with E-state index in [1.165, 1.54) is 0 Å². The quantitative estimate of drug-likeness (QED) is 0.575. The van der Waals surface area contributed by atoms with Crippen LogP contribution in [-0.4, -0.2) is 21.6 Å². The minimum absolute atomic E-state index is 0.111. The summed E-state index contributed by atoms with van der Waals surface area (Å²) in [6, 6.07) is 11.1. The van der Waals surface area contributed by atoms with Crippen LogP contribution in [-0.2, 0) is 13.1 Å². The van der Waals surface area contributed by atoms with E-state index in [0.29, 0.717) is 35.2 Å². The molecule has 2 heterocycles. The Labute approximate surface area is 193 Å². The number of rotatable bonds is 7. The third-order valence-electron chi connectivity index (χ3n) is 5.56. The molecule has 1 amide bonds. The molecule has 0 bridgehead atoms. The molecule has 0 radical (unpaired) electrons. The van der Waals surface area contributed by atoms with Crippen molar-refractivity contribution in [1.82, 2.24) is 14.9 Å². The molecule has 1 aliphatic carbocycles. The maximum absolute atomic E-state index is 13.1. The molecule has 0 spiro atoms. The second kappa shape index (κ2) is 9.86. The van der Waals surface area contributed by atoms with Gasteiger partial charge in [-0.05, 0) is 69.0 Å². The van der Waals surface area contributed by atoms with Crippen molar-refractivity contribution in [2.24, 2.45) is 0 Å². The molecule has 0 aliphatic heterocycles. The van der Waals surface area contributed by atoms with Gasteiger partial charge in [0, 0.05) is 12.7 Å². The number of hydrogen-bond acceptors (Lipinski definition) is 4. The first-order valence-electron chi connectivity index (χ1n) is 11.3. The third-order valence-corrected chi connectivity index (χ3v) is 5.56. The molecule has 6 nitrogen and oxygen atoms in total. The molecule has 3 aromatic rings. The van der Waals surface area contributed by atoms with Crippen molar-refractivity contribution in [1.29, 1.82) is 0 Å². The van der Waals surface area contributed by atoms with Gasteiger partial charge < -0.3 is 14.6 Å². The van der Waals surface area contributed by atoms with Crippen molar-refractivity contribution >= 4 is 16.8 Å². The molecule has 0 saturated carbocycles. The first kappa shape index (κ1) is 22.5. The van der Waals surface area contributed by atoms with E-state index in [2.05, 4.69) is 28.5 Å². The van der Waals surface area contributed by atoms with Crippen LogP contribution >= 0.6 is 0 Å². The summed E-state index contributed by atoms with van der Waals surface area (Å²) in [4.78, 5) is 30.5. The Morgan fingerprint density at radius 1 is 1.18 bits per heavy atom. The summed E-state index contributed by atoms with van der Waals surface area (Å²) in [5.41, 5.74) is 3.53. The SMILES string of the molecule is Cc1nc2ccn(CC3=CCCC=C3)c(=O)c2cc1C(=O)NCc1ccc(OC(C)C)cc1. The van der Waals surface area contributed by atoms with E-state index in [1.807, 2.05) is 44.2 Å². The van der Waals surface area contributed by atoms with E-state index in [9.17, 15) is 9.59 Å². The van der Waals surface area contributed by atoms with Crippen molar-refractivity contribution in [3.8, 4) is 5.75 Å². The van der Waals surface area contributed by atoms with E-state index in [4.69, 9.17) is 4.74 Å². The van der Waals surface area contributed by atoms with Crippen LogP contribution in [0.25, 0.3) is 10.9 Å². The summed E-state index contributed by atoms with van der Waals surface area (Å²) < 4.78 is 7.33. The van der Waals surface area contributed by atoms with Gasteiger partial charge in [0.2, 0.25) is 0 Å². The van der Waals surface area contributed by atoms with E-state index in [1.54, 1.807) is 23.8 Å². The first-order valence-corrected chi connectivity index (χ1v) is 11.3. The fourth-order valence-corrected chi connectivity index (χ4v) is 3.88. The Morgan fingerprint density at radius 2 is 1.97 bits per heavy atom. The van der Waals surface area contributed by atoms with Gasteiger partial charge in [0.1, 0.15) is 5.75 Å². The number of carbonyl (C=O) groups is 1. The monoisotopic (exact) mass is 443 g/mol. The molecular formula is C27H29N3O3. The van der Waals surface area contributed by atoms with Crippen LogP contribution in [0.1, 0.15) is 48.3 Å². The maximum Gasteiger partial charge on any atom is 0.260 e. The summed E-state index contributed by atoms with van der Waals surface area (Å²) in [6.45, 7) is 6.63. The predicted octanol–water partition coefficient (Wildman–Crippen LogP) is 4.70. The third kappa shape index (κ3) is 5.40. The van der Waals surface area contributed by atoms with Crippen LogP contribution in [0.15, 0.2) is 71.2 Å². The van der Waals surface area contributed by atoms with E-state index >= 15 is 0 Å². The average molecular weight is 444 g/mol. The fraction of sp³-hybridized carbons (Fsp3) is 0.296. The van der Waals surface area contributed by atoms with Gasteiger partial charge in [-0.15, -0.1) is 0 Å². The Kier molecular flexibility index (Phi) is 6.73. The molecule has 1 N–H and O–H groups in total. The first-order chi connectivity index (χ1) is 15.9. The number of nitrogens with one attached hydrogen (secondary N) is 1. The van der Waals surface area contributed by atoms with Crippen LogP contribution in [0.3, 0.4) is 0 Å². The number of ether oxygens (including phenoxy) is 1. The molecule has 170 valence electrons. The molecule has 2 aromatic heterocycles. The highest BCUT2D eigenvalue weighted by Crippen LogP contribution is 2.17. The van der Waals surface area contributed by atoms with E-state index in [0.717, 1.165) is 29.7 Å². The number of benzene rings is 1. The summed E-state index contributed by atoms with van der Waals surface area (Å²) in [6.07, 6.45) is 10.3. The fourth-order valence-electron chi connectivity index (χ4n) is 3.88. The molecule has 1 aromatic carbocycles. The topological polar surface area (TPSA) is 73.2 Å². The molecule has 0 saturated heterocycles. The molecule has 33 heavy (non-hydrogen) atoms. The average Bonchev–Trinajstić information content (AvgIpc) is 2.80. The molecular weight excluding hydrogens is 414 g/mol. The van der Waals surface area contributed by atoms with Gasteiger partial charge in [-0.1, -0.05) is 30.4 Å². The number of aromatic nitrogens is 2. The van der Waals surface area contributed by atoms with Crippen molar-refractivity contribution < 1.29 is 9.53 Å². The Balaban J connectivity index is 1.52. The molecule has 0 atom stereocenters. The van der Waals surface area contributed by atoms with Gasteiger partial charge in [-0.3, -0.25) is 14.6 Å². The van der Waals surface area contributed by atoms with Crippen LogP contribution < -0.4 is 15.6 Å². The minimum atomic E-state index is -0.253. The molecule has 6 heteroatoms. The molecule has 0 unspecified atom stereocenters. The Bertz CT molecular complexity index is 1280. The molecule has 4 rings (SSSR count). The Morgan fingerprint density at radius 3 is 2.67 bits per heavy atom. The number of hydrogen-bond donors (Lipinski definition) is 1. The lowest BCUT2D eigenvalue weighted by Gasteiger charge is -2.13. The number of carbonyl (C=O) groups excluding carboxylic acids is 1. The summed E-state index contributed by atoms with van der Waals surface area (Å²) in [5, 5.41) is 3.38. The van der Waals surface area contributed by atoms with Gasteiger partial charge in [-0.25, -0.2) is 0 Å². The molecule has 0 fully saturated rings. The van der Waals surface area contributed by atoms with Crippen LogP contribution in [0.5, 0.6) is 5.75 Å². The van der Waals surface area contributed by atoms with Gasteiger partial charge in [0.05, 0.1) is 34.8 Å². The standard InChI is InChI=1S/C27H29N3O3/c1-18(2)33-22-11-9-20(10-12-22)16-28-26(31)23-15-24-25(29-19(23)3)13-14-30(27(24)32)17-21-7-5-4-6-8-21/h5,7-15,18H,4,6,16-17H2,1-3H3,(H,28,31). The summed E-state index contributed by atoms with van der Waals surface area (Å²) in [7, 11) is 0. The lowest BCUT2D eigenvalue weighted by molar-refractivity contribution is 0.0950. The van der Waals surface area contributed by atoms with Crippen molar-refractivity contribution in [3.63, 3.8) is 0 Å². The zero-order chi connectivity index (χ0) is 23.4. The predicted molar refractivity (Wildman–Crippen MR) is 131 cm³/mol. The second-order valence-corrected chi connectivity index (χ2v) is 8.55. The van der Waals surface area contributed by atoms with Crippen LogP contribution in [0.2, 0.25) is 0 Å².